The highest BCUT2D eigenvalue weighted by molar-refractivity contribution is 6.29. The van der Waals surface area contributed by atoms with E-state index in [0.717, 1.165) is 34.1 Å². The second-order valence-corrected chi connectivity index (χ2v) is 6.56. The van der Waals surface area contributed by atoms with Crippen molar-refractivity contribution in [3.05, 3.63) is 62.9 Å². The van der Waals surface area contributed by atoms with E-state index < -0.39 is 53.7 Å². The number of alkyl halides is 4. The molecule has 8 nitrogen and oxygen atoms in total. The number of nitrogens with zero attached hydrogens (tertiary/aromatic N) is 4. The first-order valence-electron chi connectivity index (χ1n) is 8.51. The molecule has 2 aromatic rings. The van der Waals surface area contributed by atoms with Crippen molar-refractivity contribution in [2.24, 2.45) is 0 Å². The van der Waals surface area contributed by atoms with Crippen LogP contribution < -0.4 is 15.7 Å². The number of rotatable bonds is 6. The zero-order valence-corrected chi connectivity index (χ0v) is 16.1. The first-order chi connectivity index (χ1) is 14.7. The van der Waals surface area contributed by atoms with Crippen LogP contribution in [0.4, 0.5) is 17.6 Å². The van der Waals surface area contributed by atoms with Crippen LogP contribution in [0.1, 0.15) is 36.1 Å². The highest BCUT2D eigenvalue weighted by atomic mass is 35.5. The number of hydrazine groups is 1. The summed E-state index contributed by atoms with van der Waals surface area (Å²) in [7, 11) is 0. The zero-order valence-electron chi connectivity index (χ0n) is 15.4. The van der Waals surface area contributed by atoms with Gasteiger partial charge >= 0.3 is 0 Å². The minimum Gasteiger partial charge on any atom is -0.449 e. The third-order valence-corrected chi connectivity index (χ3v) is 4.39. The molecule has 1 amide bonds. The topological polar surface area (TPSA) is 100 Å². The molecule has 1 aromatic carbocycles. The molecule has 1 aromatic heterocycles. The molecular weight excluding hydrogens is 446 g/mol. The summed E-state index contributed by atoms with van der Waals surface area (Å²) >= 11 is 5.97. The van der Waals surface area contributed by atoms with Crippen molar-refractivity contribution in [2.45, 2.75) is 25.9 Å². The molecule has 0 unspecified atom stereocenters. The lowest BCUT2D eigenvalue weighted by Gasteiger charge is -2.27. The Morgan fingerprint density at radius 1 is 1.23 bits per heavy atom. The summed E-state index contributed by atoms with van der Waals surface area (Å²) in [6.45, 7) is -0.396. The van der Waals surface area contributed by atoms with Crippen molar-refractivity contribution in [3.63, 3.8) is 0 Å². The molecule has 13 heteroatoms. The fourth-order valence-electron chi connectivity index (χ4n) is 2.62. The van der Waals surface area contributed by atoms with Gasteiger partial charge in [-0.25, -0.2) is 22.5 Å². The molecule has 31 heavy (non-hydrogen) atoms. The van der Waals surface area contributed by atoms with E-state index in [1.54, 1.807) is 6.07 Å². The summed E-state index contributed by atoms with van der Waals surface area (Å²) in [4.78, 5) is 27.8. The minimum atomic E-state index is -3.22. The zero-order chi connectivity index (χ0) is 22.7. The van der Waals surface area contributed by atoms with Gasteiger partial charge < -0.3 is 4.74 Å². The number of benzene rings is 1. The molecule has 3 rings (SSSR count). The van der Waals surface area contributed by atoms with Crippen LogP contribution in [0.25, 0.3) is 0 Å². The normalized spacial score (nSPS) is 13.8. The van der Waals surface area contributed by atoms with Crippen molar-refractivity contribution in [2.75, 3.05) is 0 Å². The number of hydrogen-bond acceptors (Lipinski definition) is 6. The Hall–Kier alpha value is -3.59. The van der Waals surface area contributed by atoms with Crippen LogP contribution in [-0.2, 0) is 11.5 Å². The summed E-state index contributed by atoms with van der Waals surface area (Å²) in [6.07, 6.45) is -3.99. The molecular formula is C18H12ClF4N5O3. The number of ether oxygens (including phenoxy) is 1. The summed E-state index contributed by atoms with van der Waals surface area (Å²) < 4.78 is 59.0. The van der Waals surface area contributed by atoms with Gasteiger partial charge in [0.1, 0.15) is 17.6 Å². The van der Waals surface area contributed by atoms with E-state index in [2.05, 4.69) is 10.4 Å². The SMILES string of the molecule is N#Cc1cc(Oc2c(C(F)F)ncn(CN3NC(=O)CC=C3Cl)c2=O)cc(C(F)F)c1. The highest BCUT2D eigenvalue weighted by Gasteiger charge is 2.24. The van der Waals surface area contributed by atoms with Crippen LogP contribution in [-0.4, -0.2) is 20.5 Å². The van der Waals surface area contributed by atoms with Gasteiger partial charge in [0.25, 0.3) is 18.4 Å². The Bertz CT molecular complexity index is 1150. The Morgan fingerprint density at radius 2 is 1.97 bits per heavy atom. The predicted octanol–water partition coefficient (Wildman–Crippen LogP) is 3.56. The summed E-state index contributed by atoms with van der Waals surface area (Å²) in [5, 5.41) is 10.2. The maximum absolute atomic E-state index is 13.4. The number of halogens is 5. The van der Waals surface area contributed by atoms with Gasteiger partial charge in [0.2, 0.25) is 11.7 Å². The number of aromatic nitrogens is 2. The average molecular weight is 458 g/mol. The number of nitriles is 1. The summed E-state index contributed by atoms with van der Waals surface area (Å²) in [5.74, 6) is -1.76. The van der Waals surface area contributed by atoms with E-state index in [4.69, 9.17) is 21.6 Å². The molecule has 0 saturated heterocycles. The molecule has 0 radical (unpaired) electrons. The van der Waals surface area contributed by atoms with Crippen molar-refractivity contribution < 1.29 is 27.1 Å². The first kappa shape index (κ1) is 22.1. The predicted molar refractivity (Wildman–Crippen MR) is 98.2 cm³/mol. The summed E-state index contributed by atoms with van der Waals surface area (Å²) in [6, 6.07) is 4.39. The monoisotopic (exact) mass is 457 g/mol. The lowest BCUT2D eigenvalue weighted by atomic mass is 10.1. The van der Waals surface area contributed by atoms with Crippen molar-refractivity contribution in [1.82, 2.24) is 20.0 Å². The number of carbonyl (C=O) groups is 1. The number of nitrogens with one attached hydrogen (secondary N) is 1. The Balaban J connectivity index is 2.02. The van der Waals surface area contributed by atoms with E-state index in [-0.39, 0.29) is 17.1 Å². The van der Waals surface area contributed by atoms with Crippen LogP contribution in [0.3, 0.4) is 0 Å². The van der Waals surface area contributed by atoms with Crippen molar-refractivity contribution in [3.8, 4) is 17.6 Å². The molecule has 0 spiro atoms. The van der Waals surface area contributed by atoms with Gasteiger partial charge in [-0.1, -0.05) is 11.6 Å². The van der Waals surface area contributed by atoms with E-state index in [1.165, 1.54) is 6.08 Å². The lowest BCUT2D eigenvalue weighted by Crippen LogP contribution is -2.45. The standard InChI is InChI=1S/C18H12ClF4N5O3/c19-12-1-2-13(29)26-28(12)8-27-7-25-14(17(22)23)15(18(27)30)31-11-4-9(6-24)3-10(5-11)16(20)21/h1,3-5,7,16-17H,2,8H2,(H,26,29). The molecule has 1 N–H and O–H groups in total. The quantitative estimate of drug-likeness (QED) is 0.526. The van der Waals surface area contributed by atoms with E-state index in [9.17, 15) is 27.2 Å². The van der Waals surface area contributed by atoms with Crippen LogP contribution in [0.5, 0.6) is 11.5 Å². The first-order valence-corrected chi connectivity index (χ1v) is 8.88. The van der Waals surface area contributed by atoms with Crippen LogP contribution in [0.15, 0.2) is 40.6 Å². The Kier molecular flexibility index (Phi) is 6.45. The highest BCUT2D eigenvalue weighted by Crippen LogP contribution is 2.31. The van der Waals surface area contributed by atoms with Gasteiger partial charge in [-0.3, -0.25) is 24.6 Å². The van der Waals surface area contributed by atoms with Crippen molar-refractivity contribution in [1.29, 1.82) is 5.26 Å². The summed E-state index contributed by atoms with van der Waals surface area (Å²) in [5.41, 5.74) is -0.539. The molecule has 0 fully saturated rings. The maximum Gasteiger partial charge on any atom is 0.298 e. The third-order valence-electron chi connectivity index (χ3n) is 4.03. The number of carbonyl (C=O) groups excluding carboxylic acids is 1. The molecule has 0 saturated carbocycles. The second kappa shape index (κ2) is 9.05. The fourth-order valence-corrected chi connectivity index (χ4v) is 2.79. The molecule has 1 aliphatic heterocycles. The lowest BCUT2D eigenvalue weighted by molar-refractivity contribution is -0.125. The largest absolute Gasteiger partial charge is 0.449 e. The molecule has 0 aliphatic carbocycles. The third kappa shape index (κ3) is 4.95. The van der Waals surface area contributed by atoms with E-state index in [1.807, 2.05) is 0 Å². The van der Waals surface area contributed by atoms with Crippen molar-refractivity contribution >= 4 is 17.5 Å². The van der Waals surface area contributed by atoms with Gasteiger partial charge in [0, 0.05) is 12.0 Å². The average Bonchev–Trinajstić information content (AvgIpc) is 2.73. The minimum absolute atomic E-state index is 0.0167. The van der Waals surface area contributed by atoms with Gasteiger partial charge in [-0.15, -0.1) is 0 Å². The molecule has 1 aliphatic rings. The van der Waals surface area contributed by atoms with Gasteiger partial charge in [0.05, 0.1) is 18.0 Å². The van der Waals surface area contributed by atoms with Crippen LogP contribution in [0, 0.1) is 11.3 Å². The molecule has 2 heterocycles. The Morgan fingerprint density at radius 3 is 2.61 bits per heavy atom. The number of hydrogen-bond donors (Lipinski definition) is 1. The van der Waals surface area contributed by atoms with Gasteiger partial charge in [-0.2, -0.15) is 5.26 Å². The molecule has 0 atom stereocenters. The number of amides is 1. The van der Waals surface area contributed by atoms with Crippen LogP contribution in [0.2, 0.25) is 0 Å². The Labute approximate surface area is 176 Å². The fraction of sp³-hybridized carbons (Fsp3) is 0.222. The second-order valence-electron chi connectivity index (χ2n) is 6.18. The molecule has 0 bridgehead atoms. The van der Waals surface area contributed by atoms with Crippen LogP contribution >= 0.6 is 11.6 Å². The van der Waals surface area contributed by atoms with Gasteiger partial charge in [0.15, 0.2) is 5.69 Å². The van der Waals surface area contributed by atoms with E-state index in [0.29, 0.717) is 0 Å². The van der Waals surface area contributed by atoms with E-state index >= 15 is 0 Å². The maximum atomic E-state index is 13.4. The smallest absolute Gasteiger partial charge is 0.298 e. The molecule has 162 valence electrons. The van der Waals surface area contributed by atoms with Gasteiger partial charge in [-0.05, 0) is 24.3 Å².